The molecule has 1 aliphatic heterocycles. The van der Waals surface area contributed by atoms with Gasteiger partial charge in [-0.3, -0.25) is 9.59 Å². The SMILES string of the molecule is C=CCN(C)CC1OC(c2ccc(NC(=O)CCC(=O)O)cc2)OC(c2ccc(CO)cc2)C1C. The van der Waals surface area contributed by atoms with Crippen LogP contribution in [0.2, 0.25) is 0 Å². The van der Waals surface area contributed by atoms with E-state index in [-0.39, 0.29) is 43.5 Å². The van der Waals surface area contributed by atoms with Gasteiger partial charge in [-0.25, -0.2) is 0 Å². The van der Waals surface area contributed by atoms with Crippen molar-refractivity contribution in [2.75, 3.05) is 25.5 Å². The second-order valence-corrected chi connectivity index (χ2v) is 8.90. The first-order valence-electron chi connectivity index (χ1n) is 11.7. The third-order valence-corrected chi connectivity index (χ3v) is 6.09. The molecular weight excluding hydrogens is 448 g/mol. The molecular formula is C27H34N2O6. The number of ether oxygens (including phenoxy) is 2. The standard InChI is InChI=1S/C27H34N2O6/c1-4-15-29(3)16-23-18(2)26(20-7-5-19(17-30)6-8-20)35-27(34-23)21-9-11-22(12-10-21)28-24(31)13-14-25(32)33/h4-12,18,23,26-27,30H,1,13-17H2,2-3H3,(H,28,31)(H,32,33). The molecule has 0 radical (unpaired) electrons. The largest absolute Gasteiger partial charge is 0.481 e. The van der Waals surface area contributed by atoms with Crippen LogP contribution in [-0.4, -0.2) is 53.2 Å². The second kappa shape index (κ2) is 12.6. The van der Waals surface area contributed by atoms with E-state index in [1.807, 2.05) is 49.5 Å². The molecule has 8 heteroatoms. The lowest BCUT2D eigenvalue weighted by molar-refractivity contribution is -0.275. The molecule has 4 atom stereocenters. The predicted molar refractivity (Wildman–Crippen MR) is 133 cm³/mol. The number of aliphatic hydroxyl groups excluding tert-OH is 1. The predicted octanol–water partition coefficient (Wildman–Crippen LogP) is 3.89. The first kappa shape index (κ1) is 26.6. The molecule has 8 nitrogen and oxygen atoms in total. The van der Waals surface area contributed by atoms with Crippen molar-refractivity contribution >= 4 is 17.6 Å². The van der Waals surface area contributed by atoms with Gasteiger partial charge in [0.15, 0.2) is 6.29 Å². The van der Waals surface area contributed by atoms with Crippen molar-refractivity contribution < 1.29 is 29.3 Å². The van der Waals surface area contributed by atoms with Gasteiger partial charge in [-0.15, -0.1) is 6.58 Å². The van der Waals surface area contributed by atoms with Crippen LogP contribution in [0, 0.1) is 5.92 Å². The Bertz CT molecular complexity index is 992. The van der Waals surface area contributed by atoms with Gasteiger partial charge in [0.25, 0.3) is 0 Å². The van der Waals surface area contributed by atoms with Crippen LogP contribution in [0.1, 0.15) is 48.8 Å². The molecule has 35 heavy (non-hydrogen) atoms. The number of nitrogens with one attached hydrogen (secondary N) is 1. The van der Waals surface area contributed by atoms with Gasteiger partial charge in [0.05, 0.1) is 25.2 Å². The fourth-order valence-corrected chi connectivity index (χ4v) is 4.10. The second-order valence-electron chi connectivity index (χ2n) is 8.90. The van der Waals surface area contributed by atoms with Gasteiger partial charge in [0.1, 0.15) is 0 Å². The Balaban J connectivity index is 1.78. The van der Waals surface area contributed by atoms with E-state index in [4.69, 9.17) is 14.6 Å². The minimum atomic E-state index is -1.01. The van der Waals surface area contributed by atoms with E-state index in [9.17, 15) is 14.7 Å². The fraction of sp³-hybridized carbons (Fsp3) is 0.407. The molecule has 1 saturated heterocycles. The van der Waals surface area contributed by atoms with Gasteiger partial charge < -0.3 is 29.9 Å². The maximum absolute atomic E-state index is 11.9. The van der Waals surface area contributed by atoms with E-state index in [0.29, 0.717) is 12.2 Å². The zero-order chi connectivity index (χ0) is 25.4. The molecule has 0 aliphatic carbocycles. The lowest BCUT2D eigenvalue weighted by Crippen LogP contribution is -2.43. The summed E-state index contributed by atoms with van der Waals surface area (Å²) in [5, 5.41) is 20.8. The Hall–Kier alpha value is -3.04. The molecule has 3 rings (SSSR count). The van der Waals surface area contributed by atoms with Crippen LogP contribution < -0.4 is 5.32 Å². The number of carbonyl (C=O) groups excluding carboxylic acids is 1. The first-order chi connectivity index (χ1) is 16.8. The Labute approximate surface area is 206 Å². The van der Waals surface area contributed by atoms with Crippen molar-refractivity contribution in [1.82, 2.24) is 4.90 Å². The number of amides is 1. The maximum atomic E-state index is 11.9. The maximum Gasteiger partial charge on any atom is 0.303 e. The number of hydrogen-bond donors (Lipinski definition) is 3. The average Bonchev–Trinajstić information content (AvgIpc) is 2.85. The van der Waals surface area contributed by atoms with Crippen molar-refractivity contribution in [2.24, 2.45) is 5.92 Å². The van der Waals surface area contributed by atoms with Crippen molar-refractivity contribution in [3.63, 3.8) is 0 Å². The molecule has 188 valence electrons. The topological polar surface area (TPSA) is 108 Å². The summed E-state index contributed by atoms with van der Waals surface area (Å²) in [4.78, 5) is 24.7. The van der Waals surface area contributed by atoms with Crippen LogP contribution in [0.25, 0.3) is 0 Å². The van der Waals surface area contributed by atoms with Gasteiger partial charge in [-0.1, -0.05) is 49.4 Å². The number of benzene rings is 2. The monoisotopic (exact) mass is 482 g/mol. The minimum absolute atomic E-state index is 0.0126. The number of aliphatic hydroxyl groups is 1. The van der Waals surface area contributed by atoms with Gasteiger partial charge in [-0.2, -0.15) is 0 Å². The lowest BCUT2D eigenvalue weighted by Gasteiger charge is -2.42. The molecule has 1 aliphatic rings. The molecule has 2 aromatic rings. The lowest BCUT2D eigenvalue weighted by atomic mass is 9.90. The summed E-state index contributed by atoms with van der Waals surface area (Å²) in [5.41, 5.74) is 3.25. The summed E-state index contributed by atoms with van der Waals surface area (Å²) in [6, 6.07) is 14.9. The number of carboxylic acid groups (broad SMARTS) is 1. The van der Waals surface area contributed by atoms with Gasteiger partial charge in [0.2, 0.25) is 5.91 Å². The van der Waals surface area contributed by atoms with Gasteiger partial charge in [-0.05, 0) is 30.3 Å². The Morgan fingerprint density at radius 3 is 2.31 bits per heavy atom. The number of hydrogen-bond acceptors (Lipinski definition) is 6. The smallest absolute Gasteiger partial charge is 0.303 e. The minimum Gasteiger partial charge on any atom is -0.481 e. The molecule has 0 spiro atoms. The number of nitrogens with zero attached hydrogens (tertiary/aromatic N) is 1. The van der Waals surface area contributed by atoms with E-state index in [1.165, 1.54) is 0 Å². The summed E-state index contributed by atoms with van der Waals surface area (Å²) >= 11 is 0. The Morgan fingerprint density at radius 2 is 1.71 bits per heavy atom. The Morgan fingerprint density at radius 1 is 1.06 bits per heavy atom. The van der Waals surface area contributed by atoms with Crippen LogP contribution in [0.15, 0.2) is 61.2 Å². The molecule has 1 amide bonds. The van der Waals surface area contributed by atoms with Gasteiger partial charge >= 0.3 is 5.97 Å². The van der Waals surface area contributed by atoms with Gasteiger partial charge in [0, 0.05) is 36.7 Å². The van der Waals surface area contributed by atoms with Crippen LogP contribution in [-0.2, 0) is 25.7 Å². The normalized spacial score (nSPS) is 22.1. The van der Waals surface area contributed by atoms with Crippen molar-refractivity contribution in [3.05, 3.63) is 77.9 Å². The van der Waals surface area contributed by atoms with Crippen LogP contribution >= 0.6 is 0 Å². The molecule has 0 aromatic heterocycles. The summed E-state index contributed by atoms with van der Waals surface area (Å²) in [6.07, 6.45) is 0.647. The molecule has 1 fully saturated rings. The highest BCUT2D eigenvalue weighted by atomic mass is 16.7. The van der Waals surface area contributed by atoms with Crippen molar-refractivity contribution in [3.8, 4) is 0 Å². The highest BCUT2D eigenvalue weighted by Gasteiger charge is 2.38. The zero-order valence-electron chi connectivity index (χ0n) is 20.2. The number of aliphatic carboxylic acids is 1. The van der Waals surface area contributed by atoms with Crippen LogP contribution in [0.3, 0.4) is 0 Å². The number of carboxylic acids is 1. The fourth-order valence-electron chi connectivity index (χ4n) is 4.10. The summed E-state index contributed by atoms with van der Waals surface area (Å²) < 4.78 is 12.8. The number of anilines is 1. The van der Waals surface area contributed by atoms with Crippen LogP contribution in [0.5, 0.6) is 0 Å². The van der Waals surface area contributed by atoms with E-state index < -0.39 is 12.3 Å². The number of carbonyl (C=O) groups is 2. The third-order valence-electron chi connectivity index (χ3n) is 6.09. The first-order valence-corrected chi connectivity index (χ1v) is 11.7. The molecule has 3 N–H and O–H groups in total. The third kappa shape index (κ3) is 7.47. The molecule has 1 heterocycles. The quantitative estimate of drug-likeness (QED) is 0.417. The van der Waals surface area contributed by atoms with E-state index >= 15 is 0 Å². The summed E-state index contributed by atoms with van der Waals surface area (Å²) in [6.45, 7) is 7.36. The highest BCUT2D eigenvalue weighted by molar-refractivity contribution is 5.92. The zero-order valence-corrected chi connectivity index (χ0v) is 20.2. The average molecular weight is 483 g/mol. The highest BCUT2D eigenvalue weighted by Crippen LogP contribution is 2.41. The molecule has 0 saturated carbocycles. The van der Waals surface area contributed by atoms with E-state index in [2.05, 4.69) is 23.7 Å². The molecule has 4 unspecified atom stereocenters. The van der Waals surface area contributed by atoms with Crippen molar-refractivity contribution in [2.45, 2.75) is 44.9 Å². The van der Waals surface area contributed by atoms with Crippen molar-refractivity contribution in [1.29, 1.82) is 0 Å². The summed E-state index contributed by atoms with van der Waals surface area (Å²) in [7, 11) is 2.02. The molecule has 0 bridgehead atoms. The Kier molecular flexibility index (Phi) is 9.56. The van der Waals surface area contributed by atoms with E-state index in [0.717, 1.165) is 23.2 Å². The van der Waals surface area contributed by atoms with E-state index in [1.54, 1.807) is 12.1 Å². The summed E-state index contributed by atoms with van der Waals surface area (Å²) in [5.74, 6) is -1.28. The molecule has 2 aromatic carbocycles. The number of likely N-dealkylation sites (N-methyl/N-ethyl adjacent to an activating group) is 1. The van der Waals surface area contributed by atoms with Crippen LogP contribution in [0.4, 0.5) is 5.69 Å². The number of rotatable bonds is 11.